The molecule has 0 unspecified atom stereocenters. The van der Waals surface area contributed by atoms with Gasteiger partial charge in [0.25, 0.3) is 0 Å². The molecular formula is C23H30FIN6O. The number of halogens is 2. The third-order valence-electron chi connectivity index (χ3n) is 5.10. The highest BCUT2D eigenvalue weighted by Crippen LogP contribution is 2.11. The molecule has 0 amide bonds. The topological polar surface area (TPSA) is 67.6 Å². The van der Waals surface area contributed by atoms with Gasteiger partial charge in [0.2, 0.25) is 0 Å². The van der Waals surface area contributed by atoms with Crippen molar-refractivity contribution in [1.82, 2.24) is 25.0 Å². The molecule has 1 N–H and O–H groups in total. The van der Waals surface area contributed by atoms with E-state index in [9.17, 15) is 4.39 Å². The molecule has 1 aromatic heterocycles. The Kier molecular flexibility index (Phi) is 9.89. The Bertz CT molecular complexity index is 1000. The van der Waals surface area contributed by atoms with Gasteiger partial charge in [-0.15, -0.1) is 34.2 Å². The summed E-state index contributed by atoms with van der Waals surface area (Å²) in [5.41, 5.74) is 2.21. The molecule has 1 heterocycles. The second-order valence-electron chi connectivity index (χ2n) is 7.37. The summed E-state index contributed by atoms with van der Waals surface area (Å²) in [6.07, 6.45) is 0.844. The van der Waals surface area contributed by atoms with E-state index in [1.54, 1.807) is 19.2 Å². The van der Waals surface area contributed by atoms with Gasteiger partial charge in [-0.3, -0.25) is 0 Å². The van der Waals surface area contributed by atoms with Gasteiger partial charge in [0.15, 0.2) is 11.8 Å². The van der Waals surface area contributed by atoms with Crippen LogP contribution in [0.4, 0.5) is 4.39 Å². The van der Waals surface area contributed by atoms with E-state index in [-0.39, 0.29) is 29.8 Å². The number of aryl methyl sites for hydroxylation is 1. The number of hydrogen-bond donors (Lipinski definition) is 1. The molecule has 0 spiro atoms. The van der Waals surface area contributed by atoms with Crippen molar-refractivity contribution in [3.63, 3.8) is 0 Å². The zero-order valence-corrected chi connectivity index (χ0v) is 21.2. The number of aromatic nitrogens is 3. The molecule has 172 valence electrons. The summed E-state index contributed by atoms with van der Waals surface area (Å²) in [5.74, 6) is 2.99. The second kappa shape index (κ2) is 12.4. The van der Waals surface area contributed by atoms with Gasteiger partial charge in [0, 0.05) is 27.2 Å². The lowest BCUT2D eigenvalue weighted by Crippen LogP contribution is -2.39. The maximum Gasteiger partial charge on any atom is 0.194 e. The fraction of sp³-hybridized carbons (Fsp3) is 0.348. The molecule has 9 heteroatoms. The number of methoxy groups -OCH3 is 1. The van der Waals surface area contributed by atoms with Crippen LogP contribution in [0.3, 0.4) is 0 Å². The largest absolute Gasteiger partial charge is 0.497 e. The van der Waals surface area contributed by atoms with E-state index < -0.39 is 0 Å². The molecular weight excluding hydrogens is 522 g/mol. The number of guanidine groups is 1. The van der Waals surface area contributed by atoms with Gasteiger partial charge in [-0.2, -0.15) is 0 Å². The summed E-state index contributed by atoms with van der Waals surface area (Å²) in [6, 6.07) is 14.5. The maximum atomic E-state index is 13.2. The lowest BCUT2D eigenvalue weighted by Gasteiger charge is -2.23. The SMILES string of the molecule is COc1ccc(CCNC(=NCc2nnc(C)n2C)N(C)Cc2ccc(F)cc2)cc1.I. The van der Waals surface area contributed by atoms with Crippen molar-refractivity contribution >= 4 is 29.9 Å². The standard InChI is InChI=1S/C23H29FN6O.HI/c1-17-27-28-22(30(17)3)15-26-23(29(2)16-19-5-9-20(24)10-6-19)25-14-13-18-7-11-21(31-4)12-8-18;/h5-12H,13-16H2,1-4H3,(H,25,26);1H. The summed E-state index contributed by atoms with van der Waals surface area (Å²) in [7, 11) is 5.55. The number of hydrogen-bond acceptors (Lipinski definition) is 4. The minimum absolute atomic E-state index is 0. The van der Waals surface area contributed by atoms with E-state index in [1.165, 1.54) is 17.7 Å². The third kappa shape index (κ3) is 7.18. The van der Waals surface area contributed by atoms with E-state index >= 15 is 0 Å². The van der Waals surface area contributed by atoms with Crippen molar-refractivity contribution in [2.45, 2.75) is 26.4 Å². The van der Waals surface area contributed by atoms with Gasteiger partial charge in [-0.05, 0) is 48.7 Å². The molecule has 0 bridgehead atoms. The van der Waals surface area contributed by atoms with Crippen molar-refractivity contribution in [2.75, 3.05) is 20.7 Å². The molecule has 0 aliphatic heterocycles. The van der Waals surface area contributed by atoms with Crippen molar-refractivity contribution in [3.05, 3.63) is 77.1 Å². The molecule has 0 radical (unpaired) electrons. The highest BCUT2D eigenvalue weighted by atomic mass is 127. The first-order chi connectivity index (χ1) is 15.0. The average molecular weight is 552 g/mol. The van der Waals surface area contributed by atoms with Gasteiger partial charge in [0.1, 0.15) is 23.9 Å². The third-order valence-corrected chi connectivity index (χ3v) is 5.10. The molecule has 32 heavy (non-hydrogen) atoms. The predicted molar refractivity (Wildman–Crippen MR) is 135 cm³/mol. The van der Waals surface area contributed by atoms with Crippen LogP contribution in [0.5, 0.6) is 5.75 Å². The van der Waals surface area contributed by atoms with E-state index in [4.69, 9.17) is 9.73 Å². The van der Waals surface area contributed by atoms with Crippen LogP contribution in [0.15, 0.2) is 53.5 Å². The fourth-order valence-corrected chi connectivity index (χ4v) is 3.10. The molecule has 0 saturated carbocycles. The van der Waals surface area contributed by atoms with Crippen LogP contribution in [0.1, 0.15) is 22.8 Å². The Morgan fingerprint density at radius 2 is 1.75 bits per heavy atom. The van der Waals surface area contributed by atoms with Gasteiger partial charge >= 0.3 is 0 Å². The molecule has 0 atom stereocenters. The van der Waals surface area contributed by atoms with Crippen molar-refractivity contribution in [1.29, 1.82) is 0 Å². The molecule has 7 nitrogen and oxygen atoms in total. The van der Waals surface area contributed by atoms with E-state index in [0.29, 0.717) is 13.1 Å². The Labute approximate surface area is 205 Å². The quantitative estimate of drug-likeness (QED) is 0.262. The normalized spacial score (nSPS) is 11.1. The number of aliphatic imine (C=N–C) groups is 1. The average Bonchev–Trinajstić information content (AvgIpc) is 3.10. The minimum Gasteiger partial charge on any atom is -0.497 e. The highest BCUT2D eigenvalue weighted by molar-refractivity contribution is 14.0. The first-order valence-corrected chi connectivity index (χ1v) is 10.2. The minimum atomic E-state index is -0.240. The monoisotopic (exact) mass is 552 g/mol. The summed E-state index contributed by atoms with van der Waals surface area (Å²) >= 11 is 0. The molecule has 3 rings (SSSR count). The summed E-state index contributed by atoms with van der Waals surface area (Å²) in [6.45, 7) is 3.65. The first kappa shape index (κ1) is 25.6. The van der Waals surface area contributed by atoms with Gasteiger partial charge in [-0.1, -0.05) is 24.3 Å². The van der Waals surface area contributed by atoms with Crippen LogP contribution in [0, 0.1) is 12.7 Å². The van der Waals surface area contributed by atoms with Crippen LogP contribution in [-0.2, 0) is 26.6 Å². The van der Waals surface area contributed by atoms with Gasteiger partial charge < -0.3 is 19.5 Å². The predicted octanol–water partition coefficient (Wildman–Crippen LogP) is 3.71. The molecule has 0 aliphatic rings. The first-order valence-electron chi connectivity index (χ1n) is 10.2. The lowest BCUT2D eigenvalue weighted by molar-refractivity contribution is 0.414. The fourth-order valence-electron chi connectivity index (χ4n) is 3.10. The molecule has 0 saturated heterocycles. The van der Waals surface area contributed by atoms with Crippen LogP contribution < -0.4 is 10.1 Å². The number of ether oxygens (including phenoxy) is 1. The summed E-state index contributed by atoms with van der Waals surface area (Å²) in [5, 5.41) is 11.7. The number of benzene rings is 2. The molecule has 0 fully saturated rings. The number of nitrogens with zero attached hydrogens (tertiary/aromatic N) is 5. The van der Waals surface area contributed by atoms with Crippen molar-refractivity contribution < 1.29 is 9.13 Å². The second-order valence-corrected chi connectivity index (χ2v) is 7.37. The van der Waals surface area contributed by atoms with Crippen LogP contribution in [0.2, 0.25) is 0 Å². The molecule has 3 aromatic rings. The number of rotatable bonds is 8. The number of nitrogens with one attached hydrogen (secondary N) is 1. The van der Waals surface area contributed by atoms with Crippen LogP contribution in [-0.4, -0.2) is 46.3 Å². The zero-order chi connectivity index (χ0) is 22.2. The Balaban J connectivity index is 0.00000363. The zero-order valence-electron chi connectivity index (χ0n) is 18.9. The smallest absolute Gasteiger partial charge is 0.194 e. The van der Waals surface area contributed by atoms with Gasteiger partial charge in [-0.25, -0.2) is 9.38 Å². The highest BCUT2D eigenvalue weighted by Gasteiger charge is 2.10. The van der Waals surface area contributed by atoms with Crippen molar-refractivity contribution in [3.8, 4) is 5.75 Å². The molecule has 0 aliphatic carbocycles. The van der Waals surface area contributed by atoms with Crippen LogP contribution >= 0.6 is 24.0 Å². The van der Waals surface area contributed by atoms with Crippen LogP contribution in [0.25, 0.3) is 0 Å². The Hall–Kier alpha value is -2.69. The lowest BCUT2D eigenvalue weighted by atomic mass is 10.1. The van der Waals surface area contributed by atoms with Crippen molar-refractivity contribution in [2.24, 2.45) is 12.0 Å². The van der Waals surface area contributed by atoms with E-state index in [2.05, 4.69) is 27.6 Å². The van der Waals surface area contributed by atoms with Gasteiger partial charge in [0.05, 0.1) is 7.11 Å². The van der Waals surface area contributed by atoms with E-state index in [0.717, 1.165) is 41.9 Å². The summed E-state index contributed by atoms with van der Waals surface area (Å²) < 4.78 is 20.4. The Morgan fingerprint density at radius 1 is 1.09 bits per heavy atom. The maximum absolute atomic E-state index is 13.2. The molecule has 2 aromatic carbocycles. The summed E-state index contributed by atoms with van der Waals surface area (Å²) in [4.78, 5) is 6.77. The van der Waals surface area contributed by atoms with E-state index in [1.807, 2.05) is 42.6 Å². The Morgan fingerprint density at radius 3 is 2.34 bits per heavy atom.